The maximum atomic E-state index is 11.6. The smallest absolute Gasteiger partial charge is 0.305 e. The van der Waals surface area contributed by atoms with Gasteiger partial charge in [0.15, 0.2) is 6.29 Å². The molecule has 0 unspecified atom stereocenters. The van der Waals surface area contributed by atoms with Gasteiger partial charge in [-0.15, -0.1) is 0 Å². The molecule has 0 atom stereocenters. The Hall–Kier alpha value is -1.47. The van der Waals surface area contributed by atoms with Crippen molar-refractivity contribution in [3.8, 4) is 0 Å². The number of hydrogen-bond donors (Lipinski definition) is 1. The second-order valence-electron chi connectivity index (χ2n) is 7.48. The third kappa shape index (κ3) is 11.2. The van der Waals surface area contributed by atoms with Gasteiger partial charge in [0.25, 0.3) is 0 Å². The zero-order valence-electron chi connectivity index (χ0n) is 16.4. The normalized spacial score (nSPS) is 17.3. The summed E-state index contributed by atoms with van der Waals surface area (Å²) in [5.74, 6) is -0.252. The van der Waals surface area contributed by atoms with Crippen LogP contribution in [0, 0.1) is 5.41 Å². The van der Waals surface area contributed by atoms with Gasteiger partial charge in [-0.05, 0) is 32.1 Å². The third-order valence-corrected chi connectivity index (χ3v) is 4.14. The number of nitrogens with one attached hydrogen (secondary N) is 1. The number of carbonyl (C=O) groups excluding carboxylic acids is 2. The molecular weight excluding hydrogens is 336 g/mol. The SMILES string of the molecule is COC(=O)CCCCCCC(=O)NN=CCCCC1OCC(C)(C)CO1. The number of hydrogen-bond acceptors (Lipinski definition) is 6. The first kappa shape index (κ1) is 22.6. The number of esters is 1. The van der Waals surface area contributed by atoms with Gasteiger partial charge in [-0.2, -0.15) is 5.10 Å². The summed E-state index contributed by atoms with van der Waals surface area (Å²) in [6, 6.07) is 0. The highest BCUT2D eigenvalue weighted by molar-refractivity contribution is 5.76. The van der Waals surface area contributed by atoms with Crippen LogP contribution in [-0.4, -0.2) is 44.7 Å². The van der Waals surface area contributed by atoms with Crippen LogP contribution in [0.2, 0.25) is 0 Å². The van der Waals surface area contributed by atoms with E-state index in [9.17, 15) is 9.59 Å². The van der Waals surface area contributed by atoms with E-state index in [1.165, 1.54) is 7.11 Å². The predicted molar refractivity (Wildman–Crippen MR) is 99.7 cm³/mol. The van der Waals surface area contributed by atoms with Crippen molar-refractivity contribution in [2.45, 2.75) is 77.9 Å². The highest BCUT2D eigenvalue weighted by Crippen LogP contribution is 2.24. The minimum atomic E-state index is -0.178. The highest BCUT2D eigenvalue weighted by Gasteiger charge is 2.27. The summed E-state index contributed by atoms with van der Waals surface area (Å²) in [6.07, 6.45) is 8.48. The van der Waals surface area contributed by atoms with Gasteiger partial charge >= 0.3 is 5.97 Å². The minimum absolute atomic E-state index is 0.0737. The molecule has 7 heteroatoms. The van der Waals surface area contributed by atoms with Crippen LogP contribution in [0.3, 0.4) is 0 Å². The van der Waals surface area contributed by atoms with Gasteiger partial charge in [0, 0.05) is 24.5 Å². The van der Waals surface area contributed by atoms with E-state index in [1.54, 1.807) is 6.21 Å². The Labute approximate surface area is 156 Å². The summed E-state index contributed by atoms with van der Waals surface area (Å²) in [4.78, 5) is 22.6. The van der Waals surface area contributed by atoms with E-state index in [4.69, 9.17) is 9.47 Å². The van der Waals surface area contributed by atoms with Crippen LogP contribution in [0.15, 0.2) is 5.10 Å². The van der Waals surface area contributed by atoms with Crippen LogP contribution in [0.5, 0.6) is 0 Å². The lowest BCUT2D eigenvalue weighted by atomic mass is 9.95. The van der Waals surface area contributed by atoms with Crippen molar-refractivity contribution in [3.05, 3.63) is 0 Å². The number of amides is 1. The molecule has 7 nitrogen and oxygen atoms in total. The standard InChI is InChI=1S/C19H34N2O5/c1-19(2)14-25-18(26-15-19)12-8-9-13-20-21-16(22)10-6-4-5-7-11-17(23)24-3/h13,18H,4-12,14-15H2,1-3H3,(H,21,22). The molecule has 1 aliphatic rings. The number of hydrazone groups is 1. The maximum Gasteiger partial charge on any atom is 0.305 e. The molecule has 0 aliphatic carbocycles. The molecule has 1 N–H and O–H groups in total. The van der Waals surface area contributed by atoms with Crippen molar-refractivity contribution in [1.29, 1.82) is 0 Å². The average Bonchev–Trinajstić information content (AvgIpc) is 2.61. The lowest BCUT2D eigenvalue weighted by molar-refractivity contribution is -0.223. The van der Waals surface area contributed by atoms with E-state index in [0.29, 0.717) is 12.8 Å². The quantitative estimate of drug-likeness (QED) is 0.247. The average molecular weight is 370 g/mol. The summed E-state index contributed by atoms with van der Waals surface area (Å²) in [6.45, 7) is 5.71. The molecule has 0 radical (unpaired) electrons. The molecule has 0 aromatic rings. The van der Waals surface area contributed by atoms with E-state index in [-0.39, 0.29) is 23.6 Å². The Morgan fingerprint density at radius 1 is 1.12 bits per heavy atom. The molecule has 0 aromatic carbocycles. The molecule has 0 spiro atoms. The molecule has 1 amide bonds. The monoisotopic (exact) mass is 370 g/mol. The molecule has 1 rings (SSSR count). The molecule has 150 valence electrons. The number of nitrogens with zero attached hydrogens (tertiary/aromatic N) is 1. The lowest BCUT2D eigenvalue weighted by Crippen LogP contribution is -2.37. The van der Waals surface area contributed by atoms with Crippen molar-refractivity contribution in [1.82, 2.24) is 5.43 Å². The van der Waals surface area contributed by atoms with Crippen molar-refractivity contribution in [2.75, 3.05) is 20.3 Å². The van der Waals surface area contributed by atoms with Gasteiger partial charge in [-0.1, -0.05) is 26.7 Å². The molecule has 1 aliphatic heterocycles. The number of unbranched alkanes of at least 4 members (excludes halogenated alkanes) is 4. The summed E-state index contributed by atoms with van der Waals surface area (Å²) < 4.78 is 15.9. The summed E-state index contributed by atoms with van der Waals surface area (Å²) >= 11 is 0. The molecule has 0 bridgehead atoms. The van der Waals surface area contributed by atoms with Crippen LogP contribution in [0.1, 0.15) is 71.6 Å². The molecule has 26 heavy (non-hydrogen) atoms. The van der Waals surface area contributed by atoms with Crippen LogP contribution in [0.25, 0.3) is 0 Å². The summed E-state index contributed by atoms with van der Waals surface area (Å²) in [5.41, 5.74) is 2.64. The lowest BCUT2D eigenvalue weighted by Gasteiger charge is -2.34. The molecule has 1 saturated heterocycles. The first-order chi connectivity index (χ1) is 12.4. The van der Waals surface area contributed by atoms with Crippen LogP contribution < -0.4 is 5.43 Å². The van der Waals surface area contributed by atoms with Gasteiger partial charge in [-0.25, -0.2) is 5.43 Å². The molecule has 0 aromatic heterocycles. The number of methoxy groups -OCH3 is 1. The fraction of sp³-hybridized carbons (Fsp3) is 0.842. The van der Waals surface area contributed by atoms with Crippen molar-refractivity contribution in [2.24, 2.45) is 10.5 Å². The Morgan fingerprint density at radius 2 is 1.77 bits per heavy atom. The zero-order valence-corrected chi connectivity index (χ0v) is 16.4. The fourth-order valence-electron chi connectivity index (χ4n) is 2.52. The van der Waals surface area contributed by atoms with Crippen molar-refractivity contribution >= 4 is 18.1 Å². The van der Waals surface area contributed by atoms with E-state index in [2.05, 4.69) is 29.1 Å². The van der Waals surface area contributed by atoms with Gasteiger partial charge in [0.1, 0.15) is 0 Å². The number of rotatable bonds is 12. The Balaban J connectivity index is 1.93. The second kappa shape index (κ2) is 12.8. The molecule has 1 heterocycles. The predicted octanol–water partition coefficient (Wildman–Crippen LogP) is 3.17. The van der Waals surface area contributed by atoms with E-state index >= 15 is 0 Å². The van der Waals surface area contributed by atoms with Gasteiger partial charge in [0.05, 0.1) is 20.3 Å². The Morgan fingerprint density at radius 3 is 2.42 bits per heavy atom. The van der Waals surface area contributed by atoms with Crippen LogP contribution >= 0.6 is 0 Å². The molecular formula is C19H34N2O5. The molecule has 1 fully saturated rings. The maximum absolute atomic E-state index is 11.6. The van der Waals surface area contributed by atoms with Crippen LogP contribution in [0.4, 0.5) is 0 Å². The van der Waals surface area contributed by atoms with Crippen molar-refractivity contribution < 1.29 is 23.8 Å². The largest absolute Gasteiger partial charge is 0.469 e. The van der Waals surface area contributed by atoms with Gasteiger partial charge < -0.3 is 14.2 Å². The topological polar surface area (TPSA) is 86.2 Å². The summed E-state index contributed by atoms with van der Waals surface area (Å²) in [7, 11) is 1.39. The minimum Gasteiger partial charge on any atom is -0.469 e. The van der Waals surface area contributed by atoms with E-state index < -0.39 is 0 Å². The number of carbonyl (C=O) groups is 2. The van der Waals surface area contributed by atoms with E-state index in [1.807, 2.05) is 0 Å². The first-order valence-electron chi connectivity index (χ1n) is 9.53. The Kier molecular flexibility index (Phi) is 11.1. The van der Waals surface area contributed by atoms with Crippen LogP contribution in [-0.2, 0) is 23.8 Å². The molecule has 0 saturated carbocycles. The van der Waals surface area contributed by atoms with Gasteiger partial charge in [-0.3, -0.25) is 9.59 Å². The second-order valence-corrected chi connectivity index (χ2v) is 7.48. The van der Waals surface area contributed by atoms with Crippen molar-refractivity contribution in [3.63, 3.8) is 0 Å². The zero-order chi connectivity index (χ0) is 19.3. The summed E-state index contributed by atoms with van der Waals surface area (Å²) in [5, 5.41) is 3.96. The highest BCUT2D eigenvalue weighted by atomic mass is 16.7. The number of ether oxygens (including phenoxy) is 3. The first-order valence-corrected chi connectivity index (χ1v) is 9.53. The van der Waals surface area contributed by atoms with E-state index in [0.717, 1.165) is 58.2 Å². The third-order valence-electron chi connectivity index (χ3n) is 4.14. The van der Waals surface area contributed by atoms with Gasteiger partial charge in [0.2, 0.25) is 5.91 Å². The fourth-order valence-corrected chi connectivity index (χ4v) is 2.52. The Bertz CT molecular complexity index is 441.